The van der Waals surface area contributed by atoms with Crippen LogP contribution in [0.2, 0.25) is 0 Å². The molecule has 0 amide bonds. The highest BCUT2D eigenvalue weighted by atomic mass is 32.2. The van der Waals surface area contributed by atoms with E-state index in [0.717, 1.165) is 41.2 Å². The van der Waals surface area contributed by atoms with Crippen molar-refractivity contribution in [1.29, 1.82) is 5.41 Å². The average molecular weight is 567 g/mol. The standard InChI is InChI=1S/C31H30F4N4S/c1-3-20-8-10-37-28(12-20)19(2)31-16-21(17-36)29(38-24-6-4-23(32)5-7-24)13-22(31)9-11-39(18-31)40-25-14-26(33)30(35)27(34)15-25/h4-8,10,12-15,17,19,36,38H,3,9,11,16,18H2,1-2H3. The number of pyridine rings is 1. The Bertz CT molecular complexity index is 1460. The first-order valence-electron chi connectivity index (χ1n) is 13.2. The fourth-order valence-electron chi connectivity index (χ4n) is 5.62. The van der Waals surface area contributed by atoms with E-state index in [2.05, 4.69) is 35.6 Å². The van der Waals surface area contributed by atoms with Crippen molar-refractivity contribution in [3.63, 3.8) is 0 Å². The van der Waals surface area contributed by atoms with Crippen molar-refractivity contribution in [3.05, 3.63) is 112 Å². The highest BCUT2D eigenvalue weighted by Gasteiger charge is 2.47. The van der Waals surface area contributed by atoms with Crippen LogP contribution in [0.1, 0.15) is 43.9 Å². The van der Waals surface area contributed by atoms with Gasteiger partial charge in [-0.15, -0.1) is 0 Å². The number of piperidine rings is 1. The second-order valence-corrected chi connectivity index (χ2v) is 11.5. The van der Waals surface area contributed by atoms with Crippen LogP contribution in [0.15, 0.2) is 82.5 Å². The zero-order valence-corrected chi connectivity index (χ0v) is 23.1. The summed E-state index contributed by atoms with van der Waals surface area (Å²) in [4.78, 5) is 5.01. The van der Waals surface area contributed by atoms with Crippen molar-refractivity contribution in [3.8, 4) is 0 Å². The Kier molecular flexibility index (Phi) is 8.14. The third-order valence-electron chi connectivity index (χ3n) is 7.91. The number of anilines is 1. The normalized spacial score (nSPS) is 20.1. The van der Waals surface area contributed by atoms with E-state index < -0.39 is 22.9 Å². The molecule has 2 heterocycles. The Morgan fingerprint density at radius 3 is 2.50 bits per heavy atom. The maximum absolute atomic E-state index is 14.0. The van der Waals surface area contributed by atoms with Gasteiger partial charge in [0.05, 0.1) is 0 Å². The van der Waals surface area contributed by atoms with Gasteiger partial charge in [-0.1, -0.05) is 19.4 Å². The molecule has 2 atom stereocenters. The van der Waals surface area contributed by atoms with Gasteiger partial charge in [0, 0.05) is 58.8 Å². The molecule has 40 heavy (non-hydrogen) atoms. The first kappa shape index (κ1) is 28.1. The number of fused-ring (bicyclic) bond motifs is 1. The van der Waals surface area contributed by atoms with Gasteiger partial charge >= 0.3 is 0 Å². The van der Waals surface area contributed by atoms with Crippen molar-refractivity contribution in [2.45, 2.75) is 43.9 Å². The number of hydrogen-bond donors (Lipinski definition) is 2. The topological polar surface area (TPSA) is 52.0 Å². The number of rotatable bonds is 8. The summed E-state index contributed by atoms with van der Waals surface area (Å²) < 4.78 is 57.1. The summed E-state index contributed by atoms with van der Waals surface area (Å²) in [6.45, 7) is 5.38. The highest BCUT2D eigenvalue weighted by Crippen LogP contribution is 2.54. The van der Waals surface area contributed by atoms with E-state index >= 15 is 0 Å². The van der Waals surface area contributed by atoms with Gasteiger partial charge in [0.1, 0.15) is 5.82 Å². The van der Waals surface area contributed by atoms with Gasteiger partial charge in [-0.25, -0.2) is 21.9 Å². The van der Waals surface area contributed by atoms with Crippen molar-refractivity contribution >= 4 is 23.8 Å². The summed E-state index contributed by atoms with van der Waals surface area (Å²) >= 11 is 1.20. The molecule has 1 aliphatic heterocycles. The molecule has 2 N–H and O–H groups in total. The zero-order chi connectivity index (χ0) is 28.4. The molecule has 0 bridgehead atoms. The summed E-state index contributed by atoms with van der Waals surface area (Å²) in [5.74, 6) is -4.28. The van der Waals surface area contributed by atoms with Gasteiger partial charge in [0.25, 0.3) is 0 Å². The lowest BCUT2D eigenvalue weighted by molar-refractivity contribution is 0.186. The van der Waals surface area contributed by atoms with Crippen LogP contribution in [0, 0.1) is 34.1 Å². The summed E-state index contributed by atoms with van der Waals surface area (Å²) in [7, 11) is 0. The minimum absolute atomic E-state index is 0.0438. The van der Waals surface area contributed by atoms with Crippen molar-refractivity contribution in [2.24, 2.45) is 5.41 Å². The van der Waals surface area contributed by atoms with Gasteiger partial charge in [-0.05, 0) is 97.0 Å². The number of benzene rings is 2. The lowest BCUT2D eigenvalue weighted by Gasteiger charge is -2.50. The third-order valence-corrected chi connectivity index (χ3v) is 8.93. The van der Waals surface area contributed by atoms with E-state index in [1.165, 1.54) is 41.4 Å². The molecule has 9 heteroatoms. The molecule has 1 saturated heterocycles. The van der Waals surface area contributed by atoms with Gasteiger partial charge in [-0.3, -0.25) is 4.98 Å². The summed E-state index contributed by atoms with van der Waals surface area (Å²) in [6.07, 6.45) is 7.35. The number of nitrogens with one attached hydrogen (secondary N) is 2. The Hall–Kier alpha value is -3.43. The van der Waals surface area contributed by atoms with Crippen molar-refractivity contribution in [1.82, 2.24) is 9.29 Å². The van der Waals surface area contributed by atoms with Crippen LogP contribution in [-0.4, -0.2) is 28.6 Å². The molecule has 2 aliphatic rings. The number of aromatic nitrogens is 1. The highest BCUT2D eigenvalue weighted by molar-refractivity contribution is 7.97. The maximum Gasteiger partial charge on any atom is 0.194 e. The van der Waals surface area contributed by atoms with Gasteiger partial charge in [0.2, 0.25) is 0 Å². The van der Waals surface area contributed by atoms with Crippen LogP contribution >= 0.6 is 11.9 Å². The SMILES string of the molecule is CCc1ccnc(C(C)C23CC(C=N)=C(Nc4ccc(F)cc4)C=C2CCN(Sc2cc(F)c(F)c(F)c2)C3)c1. The largest absolute Gasteiger partial charge is 0.355 e. The number of aryl methyl sites for hydroxylation is 1. The summed E-state index contributed by atoms with van der Waals surface area (Å²) in [5.41, 5.74) is 5.15. The maximum atomic E-state index is 14.0. The Balaban J connectivity index is 1.52. The minimum atomic E-state index is -1.48. The number of allylic oxidation sites excluding steroid dienone is 2. The van der Waals surface area contributed by atoms with Crippen LogP contribution in [0.3, 0.4) is 0 Å². The van der Waals surface area contributed by atoms with E-state index in [-0.39, 0.29) is 16.6 Å². The lowest BCUT2D eigenvalue weighted by Crippen LogP contribution is -2.47. The van der Waals surface area contributed by atoms with E-state index in [1.807, 2.05) is 12.3 Å². The van der Waals surface area contributed by atoms with E-state index in [0.29, 0.717) is 25.9 Å². The van der Waals surface area contributed by atoms with Crippen LogP contribution in [-0.2, 0) is 6.42 Å². The first-order valence-corrected chi connectivity index (χ1v) is 14.0. The average Bonchev–Trinajstić information content (AvgIpc) is 2.96. The van der Waals surface area contributed by atoms with Gasteiger partial charge in [-0.2, -0.15) is 0 Å². The number of halogens is 4. The predicted molar refractivity (Wildman–Crippen MR) is 151 cm³/mol. The van der Waals surface area contributed by atoms with E-state index in [9.17, 15) is 17.6 Å². The molecule has 1 aliphatic carbocycles. The van der Waals surface area contributed by atoms with Crippen LogP contribution in [0.4, 0.5) is 23.2 Å². The Labute approximate surface area is 235 Å². The molecule has 0 saturated carbocycles. The fraction of sp³-hybridized carbons (Fsp3) is 0.290. The second-order valence-electron chi connectivity index (χ2n) is 10.3. The number of hydrogen-bond acceptors (Lipinski definition) is 5. The molecule has 2 aromatic carbocycles. The molecule has 0 spiro atoms. The van der Waals surface area contributed by atoms with Crippen molar-refractivity contribution < 1.29 is 17.6 Å². The molecule has 4 nitrogen and oxygen atoms in total. The minimum Gasteiger partial charge on any atom is -0.355 e. The monoisotopic (exact) mass is 566 g/mol. The molecule has 5 rings (SSSR count). The van der Waals surface area contributed by atoms with E-state index in [4.69, 9.17) is 10.4 Å². The fourth-order valence-corrected chi connectivity index (χ4v) is 6.71. The number of nitrogens with zero attached hydrogens (tertiary/aromatic N) is 2. The molecule has 3 aromatic rings. The summed E-state index contributed by atoms with van der Waals surface area (Å²) in [5, 5.41) is 11.6. The van der Waals surface area contributed by atoms with Crippen LogP contribution in [0.5, 0.6) is 0 Å². The molecule has 2 unspecified atom stereocenters. The quantitative estimate of drug-likeness (QED) is 0.125. The molecular formula is C31H30F4N4S. The molecule has 208 valence electrons. The molecule has 0 radical (unpaired) electrons. The zero-order valence-electron chi connectivity index (χ0n) is 22.3. The smallest absolute Gasteiger partial charge is 0.194 e. The van der Waals surface area contributed by atoms with Gasteiger partial charge < -0.3 is 10.7 Å². The summed E-state index contributed by atoms with van der Waals surface area (Å²) in [6, 6.07) is 12.3. The Morgan fingerprint density at radius 2 is 1.82 bits per heavy atom. The first-order chi connectivity index (χ1) is 19.2. The molecule has 1 fully saturated rings. The Morgan fingerprint density at radius 1 is 1.10 bits per heavy atom. The second kappa shape index (κ2) is 11.6. The van der Waals surface area contributed by atoms with Crippen molar-refractivity contribution in [2.75, 3.05) is 18.4 Å². The lowest BCUT2D eigenvalue weighted by atomic mass is 9.61. The molecular weight excluding hydrogens is 536 g/mol. The van der Waals surface area contributed by atoms with Crippen LogP contribution in [0.25, 0.3) is 0 Å². The third kappa shape index (κ3) is 5.58. The van der Waals surface area contributed by atoms with Crippen LogP contribution < -0.4 is 5.32 Å². The van der Waals surface area contributed by atoms with Gasteiger partial charge in [0.15, 0.2) is 17.5 Å². The predicted octanol–water partition coefficient (Wildman–Crippen LogP) is 8.05. The van der Waals surface area contributed by atoms with E-state index in [1.54, 1.807) is 12.1 Å². The molecule has 1 aromatic heterocycles.